The van der Waals surface area contributed by atoms with Gasteiger partial charge in [-0.05, 0) is 64.5 Å². The molecule has 1 aliphatic rings. The molecule has 1 heterocycles. The normalized spacial score (nSPS) is 18.0. The number of alkyl halides is 3. The second kappa shape index (κ2) is 17.1. The van der Waals surface area contributed by atoms with Gasteiger partial charge in [0.2, 0.25) is 17.7 Å². The lowest BCUT2D eigenvalue weighted by Gasteiger charge is -2.32. The van der Waals surface area contributed by atoms with Crippen molar-refractivity contribution in [3.05, 3.63) is 48.0 Å². The van der Waals surface area contributed by atoms with Gasteiger partial charge in [0.25, 0.3) is 5.78 Å². The minimum absolute atomic E-state index is 0.0569. The summed E-state index contributed by atoms with van der Waals surface area (Å²) in [5.74, 6) is -4.66. The molecule has 1 fully saturated rings. The van der Waals surface area contributed by atoms with Crippen LogP contribution in [0, 0.1) is 11.8 Å². The van der Waals surface area contributed by atoms with E-state index in [-0.39, 0.29) is 31.3 Å². The monoisotopic (exact) mass is 654 g/mol. The fourth-order valence-corrected chi connectivity index (χ4v) is 4.82. The quantitative estimate of drug-likeness (QED) is 0.211. The van der Waals surface area contributed by atoms with Crippen LogP contribution in [-0.2, 0) is 35.3 Å². The molecule has 256 valence electrons. The Labute approximate surface area is 267 Å². The van der Waals surface area contributed by atoms with E-state index >= 15 is 0 Å². The Morgan fingerprint density at radius 1 is 1.00 bits per heavy atom. The Kier molecular flexibility index (Phi) is 14.2. The second-order valence-electron chi connectivity index (χ2n) is 12.7. The molecule has 46 heavy (non-hydrogen) atoms. The van der Waals surface area contributed by atoms with Gasteiger partial charge in [-0.2, -0.15) is 13.2 Å². The van der Waals surface area contributed by atoms with Gasteiger partial charge in [0.1, 0.15) is 18.7 Å². The fraction of sp³-hybridized carbons (Fsp3) is 0.594. The van der Waals surface area contributed by atoms with E-state index in [0.29, 0.717) is 19.0 Å². The molecule has 1 aromatic carbocycles. The Bertz CT molecular complexity index is 1230. The summed E-state index contributed by atoms with van der Waals surface area (Å²) in [5.41, 5.74) is 0.0179. The van der Waals surface area contributed by atoms with Crippen molar-refractivity contribution in [2.75, 3.05) is 6.54 Å². The van der Waals surface area contributed by atoms with Crippen LogP contribution in [0.5, 0.6) is 0 Å². The van der Waals surface area contributed by atoms with E-state index in [0.717, 1.165) is 11.6 Å². The zero-order valence-corrected chi connectivity index (χ0v) is 27.0. The van der Waals surface area contributed by atoms with Crippen molar-refractivity contribution in [2.24, 2.45) is 11.8 Å². The number of benzene rings is 1. The maximum absolute atomic E-state index is 13.6. The molecule has 1 aromatic rings. The summed E-state index contributed by atoms with van der Waals surface area (Å²) in [6.07, 6.45) is -5.20. The molecule has 11 nitrogen and oxygen atoms in total. The Morgan fingerprint density at radius 2 is 1.65 bits per heavy atom. The molecule has 4 N–H and O–H groups in total. The highest BCUT2D eigenvalue weighted by Gasteiger charge is 2.37. The third kappa shape index (κ3) is 13.6. The summed E-state index contributed by atoms with van der Waals surface area (Å²) in [5, 5.41) is 10.4. The molecular weight excluding hydrogens is 609 g/mol. The van der Waals surface area contributed by atoms with Gasteiger partial charge in [-0.15, -0.1) is 0 Å². The summed E-state index contributed by atoms with van der Waals surface area (Å²) >= 11 is 0. The molecule has 5 atom stereocenters. The van der Waals surface area contributed by atoms with Gasteiger partial charge in [-0.3, -0.25) is 19.2 Å². The van der Waals surface area contributed by atoms with Crippen LogP contribution in [0.25, 0.3) is 0 Å². The molecule has 0 radical (unpaired) electrons. The van der Waals surface area contributed by atoms with Crippen molar-refractivity contribution in [1.82, 2.24) is 21.3 Å². The number of halogens is 3. The molecule has 1 aliphatic heterocycles. The topological polar surface area (TPSA) is 152 Å². The molecule has 14 heteroatoms. The SMILES string of the molecule is CC(C)C[C@H](NC(=O)[C@@H](NC(=O)OCc1ccccc1)C(C)OC(C)(C)C)C(=O)N[C@H](/C=C/C(=O)C(F)(F)F)C[C@@H]1CCNC1=O. The zero-order chi connectivity index (χ0) is 34.7. The van der Waals surface area contributed by atoms with Gasteiger partial charge in [-0.25, -0.2) is 4.79 Å². The zero-order valence-electron chi connectivity index (χ0n) is 27.0. The van der Waals surface area contributed by atoms with E-state index < -0.39 is 65.6 Å². The van der Waals surface area contributed by atoms with Gasteiger partial charge in [0.05, 0.1) is 11.7 Å². The Hall–Kier alpha value is -3.94. The first-order valence-corrected chi connectivity index (χ1v) is 15.2. The van der Waals surface area contributed by atoms with Crippen molar-refractivity contribution in [2.45, 2.75) is 103 Å². The number of amides is 4. The molecule has 0 aliphatic carbocycles. The van der Waals surface area contributed by atoms with E-state index in [9.17, 15) is 37.1 Å². The number of carbonyl (C=O) groups excluding carboxylic acids is 5. The van der Waals surface area contributed by atoms with Crippen LogP contribution in [0.3, 0.4) is 0 Å². The summed E-state index contributed by atoms with van der Waals surface area (Å²) in [7, 11) is 0. The van der Waals surface area contributed by atoms with Crippen molar-refractivity contribution >= 4 is 29.6 Å². The van der Waals surface area contributed by atoms with Gasteiger partial charge in [0, 0.05) is 18.5 Å². The summed E-state index contributed by atoms with van der Waals surface area (Å²) in [4.78, 5) is 63.6. The van der Waals surface area contributed by atoms with Crippen LogP contribution < -0.4 is 21.3 Å². The highest BCUT2D eigenvalue weighted by atomic mass is 19.4. The number of ether oxygens (including phenoxy) is 2. The van der Waals surface area contributed by atoms with Crippen molar-refractivity contribution in [3.8, 4) is 0 Å². The van der Waals surface area contributed by atoms with Crippen LogP contribution in [0.4, 0.5) is 18.0 Å². The van der Waals surface area contributed by atoms with Crippen LogP contribution in [0.2, 0.25) is 0 Å². The van der Waals surface area contributed by atoms with Crippen molar-refractivity contribution in [1.29, 1.82) is 0 Å². The summed E-state index contributed by atoms with van der Waals surface area (Å²) in [6, 6.07) is 5.29. The Morgan fingerprint density at radius 3 is 2.20 bits per heavy atom. The van der Waals surface area contributed by atoms with Crippen LogP contribution in [0.15, 0.2) is 42.5 Å². The average molecular weight is 655 g/mol. The van der Waals surface area contributed by atoms with Gasteiger partial charge in [0.15, 0.2) is 0 Å². The number of carbonyl (C=O) groups is 5. The third-order valence-corrected chi connectivity index (χ3v) is 6.91. The standard InChI is InChI=1S/C32H45F3N4O7/c1-19(2)16-24(28(42)37-23(12-13-25(40)32(33,34)35)17-22-14-15-36-27(22)41)38-29(43)26(20(3)46-31(4,5)6)39-30(44)45-18-21-10-8-7-9-11-21/h7-13,19-20,22-24,26H,14-18H2,1-6H3,(H,36,41)(H,37,42)(H,38,43)(H,39,44)/b13-12+/t20?,22-,23+,24-,26-/m0/s1. The predicted molar refractivity (Wildman–Crippen MR) is 163 cm³/mol. The van der Waals surface area contributed by atoms with E-state index in [1.165, 1.54) is 0 Å². The number of allylic oxidation sites excluding steroid dienone is 1. The molecule has 1 unspecified atom stereocenters. The summed E-state index contributed by atoms with van der Waals surface area (Å²) in [6.45, 7) is 10.8. The number of ketones is 1. The largest absolute Gasteiger partial charge is 0.454 e. The third-order valence-electron chi connectivity index (χ3n) is 6.91. The predicted octanol–water partition coefficient (Wildman–Crippen LogP) is 3.71. The van der Waals surface area contributed by atoms with Crippen LogP contribution >= 0.6 is 0 Å². The van der Waals surface area contributed by atoms with Gasteiger partial charge >= 0.3 is 12.3 Å². The number of rotatable bonds is 15. The first kappa shape index (κ1) is 38.2. The maximum atomic E-state index is 13.6. The molecule has 0 spiro atoms. The Balaban J connectivity index is 2.26. The minimum atomic E-state index is -5.11. The molecular formula is C32H45F3N4O7. The lowest BCUT2D eigenvalue weighted by molar-refractivity contribution is -0.165. The lowest BCUT2D eigenvalue weighted by atomic mass is 9.96. The van der Waals surface area contributed by atoms with Crippen LogP contribution in [-0.4, -0.2) is 72.1 Å². The first-order valence-electron chi connectivity index (χ1n) is 15.2. The van der Waals surface area contributed by atoms with Gasteiger partial charge < -0.3 is 30.7 Å². The van der Waals surface area contributed by atoms with Crippen molar-refractivity contribution < 1.29 is 46.6 Å². The summed E-state index contributed by atoms with van der Waals surface area (Å²) < 4.78 is 49.8. The molecule has 0 bridgehead atoms. The molecule has 0 saturated carbocycles. The molecule has 2 rings (SSSR count). The van der Waals surface area contributed by atoms with E-state index in [2.05, 4.69) is 21.3 Å². The van der Waals surface area contributed by atoms with Crippen molar-refractivity contribution in [3.63, 3.8) is 0 Å². The number of hydrogen-bond donors (Lipinski definition) is 4. The highest BCUT2D eigenvalue weighted by molar-refractivity contribution is 5.95. The minimum Gasteiger partial charge on any atom is -0.445 e. The van der Waals surface area contributed by atoms with E-state index in [1.807, 2.05) is 6.07 Å². The van der Waals surface area contributed by atoms with Gasteiger partial charge in [-0.1, -0.05) is 50.3 Å². The number of hydrogen-bond acceptors (Lipinski definition) is 7. The highest BCUT2D eigenvalue weighted by Crippen LogP contribution is 2.20. The lowest BCUT2D eigenvalue weighted by Crippen LogP contribution is -2.59. The van der Waals surface area contributed by atoms with E-state index in [1.54, 1.807) is 65.8 Å². The van der Waals surface area contributed by atoms with E-state index in [4.69, 9.17) is 9.47 Å². The second-order valence-corrected chi connectivity index (χ2v) is 12.7. The number of nitrogens with one attached hydrogen (secondary N) is 4. The molecule has 4 amide bonds. The fourth-order valence-electron chi connectivity index (χ4n) is 4.82. The van der Waals surface area contributed by atoms with Crippen LogP contribution in [0.1, 0.15) is 66.4 Å². The first-order chi connectivity index (χ1) is 21.4. The average Bonchev–Trinajstić information content (AvgIpc) is 3.35. The molecule has 1 saturated heterocycles. The number of alkyl carbamates (subject to hydrolysis) is 1. The smallest absolute Gasteiger partial charge is 0.445 e. The maximum Gasteiger partial charge on any atom is 0.454 e. The molecule has 0 aromatic heterocycles.